The van der Waals surface area contributed by atoms with Gasteiger partial charge in [-0.25, -0.2) is 0 Å². The Morgan fingerprint density at radius 1 is 1.12 bits per heavy atom. The van der Waals surface area contributed by atoms with Crippen LogP contribution in [0, 0.1) is 0 Å². The minimum atomic E-state index is -0.217. The van der Waals surface area contributed by atoms with Crippen molar-refractivity contribution in [3.8, 4) is 11.5 Å². The normalized spacial score (nSPS) is 19.4. The Balaban J connectivity index is 1.53. The van der Waals surface area contributed by atoms with Gasteiger partial charge in [0.15, 0.2) is 11.5 Å². The molecule has 2 aliphatic heterocycles. The lowest BCUT2D eigenvalue weighted by atomic mass is 10.1. The van der Waals surface area contributed by atoms with Gasteiger partial charge < -0.3 is 19.1 Å². The van der Waals surface area contributed by atoms with Crippen LogP contribution in [0.3, 0.4) is 0 Å². The zero-order valence-corrected chi connectivity index (χ0v) is 13.7. The van der Waals surface area contributed by atoms with Gasteiger partial charge in [0.25, 0.3) is 5.91 Å². The van der Waals surface area contributed by atoms with Gasteiger partial charge in [0.2, 0.25) is 6.79 Å². The number of amides is 1. The van der Waals surface area contributed by atoms with Crippen LogP contribution in [0.25, 0.3) is 0 Å². The molecule has 0 saturated carbocycles. The molecule has 0 N–H and O–H groups in total. The first-order chi connectivity index (χ1) is 11.7. The van der Waals surface area contributed by atoms with Crippen molar-refractivity contribution in [2.45, 2.75) is 6.10 Å². The Hall–Kier alpha value is -2.24. The van der Waals surface area contributed by atoms with Crippen LogP contribution < -0.4 is 9.47 Å². The molecule has 2 aromatic rings. The van der Waals surface area contributed by atoms with E-state index < -0.39 is 0 Å². The maximum atomic E-state index is 12.8. The van der Waals surface area contributed by atoms with E-state index in [-0.39, 0.29) is 18.8 Å². The molecule has 0 aromatic heterocycles. The molecule has 1 unspecified atom stereocenters. The summed E-state index contributed by atoms with van der Waals surface area (Å²) in [5.74, 6) is 1.23. The number of ether oxygens (including phenoxy) is 3. The fourth-order valence-electron chi connectivity index (χ4n) is 2.97. The Morgan fingerprint density at radius 3 is 2.83 bits per heavy atom. The van der Waals surface area contributed by atoms with E-state index in [9.17, 15) is 4.79 Å². The van der Waals surface area contributed by atoms with Crippen LogP contribution in [-0.4, -0.2) is 37.3 Å². The highest BCUT2D eigenvalue weighted by atomic mass is 35.5. The van der Waals surface area contributed by atoms with Gasteiger partial charge in [0, 0.05) is 22.7 Å². The van der Waals surface area contributed by atoms with E-state index >= 15 is 0 Å². The standard InChI is InChI=1S/C18H16ClNO4/c19-14-4-2-1-3-13(14)17-10-20(7-8-22-17)18(21)12-5-6-15-16(9-12)24-11-23-15/h1-6,9,17H,7-8,10-11H2. The quantitative estimate of drug-likeness (QED) is 0.838. The van der Waals surface area contributed by atoms with Gasteiger partial charge in [-0.1, -0.05) is 29.8 Å². The number of benzene rings is 2. The predicted octanol–water partition coefficient (Wildman–Crippen LogP) is 3.28. The molecular weight excluding hydrogens is 330 g/mol. The molecule has 24 heavy (non-hydrogen) atoms. The summed E-state index contributed by atoms with van der Waals surface area (Å²) in [6.07, 6.45) is -0.217. The highest BCUT2D eigenvalue weighted by molar-refractivity contribution is 6.31. The maximum absolute atomic E-state index is 12.8. The van der Waals surface area contributed by atoms with E-state index in [1.807, 2.05) is 24.3 Å². The molecule has 2 aliphatic rings. The van der Waals surface area contributed by atoms with Crippen molar-refractivity contribution in [1.29, 1.82) is 0 Å². The van der Waals surface area contributed by atoms with Crippen molar-refractivity contribution in [2.24, 2.45) is 0 Å². The van der Waals surface area contributed by atoms with E-state index in [2.05, 4.69) is 0 Å². The number of morpholine rings is 1. The summed E-state index contributed by atoms with van der Waals surface area (Å²) in [4.78, 5) is 14.6. The van der Waals surface area contributed by atoms with E-state index in [1.54, 1.807) is 23.1 Å². The van der Waals surface area contributed by atoms with Gasteiger partial charge in [-0.05, 0) is 24.3 Å². The zero-order chi connectivity index (χ0) is 16.5. The Bertz CT molecular complexity index is 779. The zero-order valence-electron chi connectivity index (χ0n) is 12.9. The van der Waals surface area contributed by atoms with Crippen molar-refractivity contribution in [2.75, 3.05) is 26.5 Å². The number of nitrogens with zero attached hydrogens (tertiary/aromatic N) is 1. The van der Waals surface area contributed by atoms with E-state index in [0.717, 1.165) is 5.56 Å². The fraction of sp³-hybridized carbons (Fsp3) is 0.278. The molecule has 1 fully saturated rings. The summed E-state index contributed by atoms with van der Waals surface area (Å²) < 4.78 is 16.4. The van der Waals surface area contributed by atoms with Crippen LogP contribution in [0.5, 0.6) is 11.5 Å². The Morgan fingerprint density at radius 2 is 1.96 bits per heavy atom. The number of hydrogen-bond acceptors (Lipinski definition) is 4. The Kier molecular flexibility index (Phi) is 4.04. The predicted molar refractivity (Wildman–Crippen MR) is 88.6 cm³/mol. The third-order valence-electron chi connectivity index (χ3n) is 4.23. The molecule has 124 valence electrons. The third-order valence-corrected chi connectivity index (χ3v) is 4.57. The molecule has 5 nitrogen and oxygen atoms in total. The molecule has 0 spiro atoms. The summed E-state index contributed by atoms with van der Waals surface area (Å²) in [7, 11) is 0. The number of halogens is 1. The van der Waals surface area contributed by atoms with Gasteiger partial charge in [-0.2, -0.15) is 0 Å². The largest absolute Gasteiger partial charge is 0.454 e. The molecule has 6 heteroatoms. The van der Waals surface area contributed by atoms with Crippen molar-refractivity contribution in [3.63, 3.8) is 0 Å². The molecular formula is C18H16ClNO4. The minimum Gasteiger partial charge on any atom is -0.454 e. The third kappa shape index (κ3) is 2.81. The summed E-state index contributed by atoms with van der Waals surface area (Å²) in [6, 6.07) is 12.8. The second kappa shape index (κ2) is 6.34. The van der Waals surface area contributed by atoms with Gasteiger partial charge in [-0.3, -0.25) is 4.79 Å². The van der Waals surface area contributed by atoms with Crippen LogP contribution in [0.2, 0.25) is 5.02 Å². The van der Waals surface area contributed by atoms with Crippen LogP contribution in [0.4, 0.5) is 0 Å². The van der Waals surface area contributed by atoms with Crippen molar-refractivity contribution in [1.82, 2.24) is 4.90 Å². The molecule has 0 bridgehead atoms. The topological polar surface area (TPSA) is 48.0 Å². The molecule has 0 aliphatic carbocycles. The monoisotopic (exact) mass is 345 g/mol. The van der Waals surface area contributed by atoms with Gasteiger partial charge in [-0.15, -0.1) is 0 Å². The molecule has 1 saturated heterocycles. The second-order valence-electron chi connectivity index (χ2n) is 5.70. The summed E-state index contributed by atoms with van der Waals surface area (Å²) in [6.45, 7) is 1.69. The first-order valence-corrected chi connectivity index (χ1v) is 8.15. The average molecular weight is 346 g/mol. The van der Waals surface area contributed by atoms with Gasteiger partial charge in [0.05, 0.1) is 13.2 Å². The number of carbonyl (C=O) groups is 1. The summed E-state index contributed by atoms with van der Waals surface area (Å²) >= 11 is 6.25. The Labute approximate surface area is 144 Å². The molecule has 1 atom stereocenters. The van der Waals surface area contributed by atoms with Gasteiger partial charge >= 0.3 is 0 Å². The van der Waals surface area contributed by atoms with Crippen LogP contribution in [-0.2, 0) is 4.74 Å². The van der Waals surface area contributed by atoms with Crippen LogP contribution >= 0.6 is 11.6 Å². The van der Waals surface area contributed by atoms with Crippen molar-refractivity contribution >= 4 is 17.5 Å². The number of rotatable bonds is 2. The molecule has 0 radical (unpaired) electrons. The van der Waals surface area contributed by atoms with Gasteiger partial charge in [0.1, 0.15) is 6.10 Å². The first-order valence-electron chi connectivity index (χ1n) is 7.77. The lowest BCUT2D eigenvalue weighted by Gasteiger charge is -2.33. The molecule has 4 rings (SSSR count). The molecule has 2 aromatic carbocycles. The first kappa shape index (κ1) is 15.3. The van der Waals surface area contributed by atoms with E-state index in [4.69, 9.17) is 25.8 Å². The lowest BCUT2D eigenvalue weighted by Crippen LogP contribution is -2.42. The summed E-state index contributed by atoms with van der Waals surface area (Å²) in [5.41, 5.74) is 1.49. The number of fused-ring (bicyclic) bond motifs is 1. The van der Waals surface area contributed by atoms with E-state index in [0.29, 0.717) is 41.8 Å². The molecule has 1 amide bonds. The second-order valence-corrected chi connectivity index (χ2v) is 6.11. The SMILES string of the molecule is O=C(c1ccc2c(c1)OCO2)N1CCOC(c2ccccc2Cl)C1. The smallest absolute Gasteiger partial charge is 0.254 e. The van der Waals surface area contributed by atoms with Crippen molar-refractivity contribution in [3.05, 3.63) is 58.6 Å². The average Bonchev–Trinajstić information content (AvgIpc) is 3.09. The maximum Gasteiger partial charge on any atom is 0.254 e. The van der Waals surface area contributed by atoms with E-state index in [1.165, 1.54) is 0 Å². The van der Waals surface area contributed by atoms with Crippen LogP contribution in [0.15, 0.2) is 42.5 Å². The number of carbonyl (C=O) groups excluding carboxylic acids is 1. The minimum absolute atomic E-state index is 0.0475. The molecule has 2 heterocycles. The lowest BCUT2D eigenvalue weighted by molar-refractivity contribution is -0.0227. The highest BCUT2D eigenvalue weighted by Crippen LogP contribution is 2.33. The fourth-order valence-corrected chi connectivity index (χ4v) is 3.23. The number of hydrogen-bond donors (Lipinski definition) is 0. The van der Waals surface area contributed by atoms with Crippen LogP contribution in [0.1, 0.15) is 22.0 Å². The van der Waals surface area contributed by atoms with Crippen molar-refractivity contribution < 1.29 is 19.0 Å². The highest BCUT2D eigenvalue weighted by Gasteiger charge is 2.28. The summed E-state index contributed by atoms with van der Waals surface area (Å²) in [5, 5.41) is 0.653.